The smallest absolute Gasteiger partial charge is 0.271 e. The monoisotopic (exact) mass is 290 g/mol. The molecule has 2 heterocycles. The molecule has 1 aromatic carbocycles. The molecule has 21 heavy (non-hydrogen) atoms. The van der Waals surface area contributed by atoms with Crippen molar-refractivity contribution >= 4 is 17.1 Å². The van der Waals surface area contributed by atoms with Crippen LogP contribution in [0.25, 0.3) is 0 Å². The third-order valence-corrected chi connectivity index (χ3v) is 4.63. The van der Waals surface area contributed by atoms with Crippen LogP contribution in [-0.2, 0) is 0 Å². The molecule has 1 atom stereocenters. The number of piperidine rings is 1. The molecule has 0 amide bonds. The van der Waals surface area contributed by atoms with Gasteiger partial charge in [0.25, 0.3) is 5.69 Å². The number of nitrogen functional groups attached to an aromatic ring is 1. The second-order valence-corrected chi connectivity index (χ2v) is 5.99. The van der Waals surface area contributed by atoms with Gasteiger partial charge in [0.1, 0.15) is 0 Å². The fourth-order valence-electron chi connectivity index (χ4n) is 3.49. The molecule has 0 saturated carbocycles. The zero-order chi connectivity index (χ0) is 14.8. The molecule has 2 saturated heterocycles. The highest BCUT2D eigenvalue weighted by Crippen LogP contribution is 2.31. The maximum atomic E-state index is 10.8. The summed E-state index contributed by atoms with van der Waals surface area (Å²) in [6.45, 7) is 4.35. The number of nitrogens with two attached hydrogens (primary N) is 1. The largest absolute Gasteiger partial charge is 0.397 e. The zero-order valence-electron chi connectivity index (χ0n) is 12.2. The Balaban J connectivity index is 1.69. The van der Waals surface area contributed by atoms with Crippen LogP contribution in [-0.4, -0.2) is 42.0 Å². The van der Waals surface area contributed by atoms with Crippen molar-refractivity contribution in [3.8, 4) is 0 Å². The number of non-ortho nitro benzene ring substituents is 1. The molecule has 2 aliphatic rings. The fraction of sp³-hybridized carbons (Fsp3) is 0.600. The molecule has 2 aliphatic heterocycles. The minimum Gasteiger partial charge on any atom is -0.397 e. The number of nitrogens with zero attached hydrogens (tertiary/aromatic N) is 3. The predicted molar refractivity (Wildman–Crippen MR) is 83.6 cm³/mol. The average Bonchev–Trinajstić information content (AvgIpc) is 2.97. The standard InChI is InChI=1S/C15H22N4O2/c16-14-10-12(19(20)21)4-5-15(14)18-9-6-13(11-18)17-7-2-1-3-8-17/h4-5,10,13H,1-3,6-9,11,16H2. The third kappa shape index (κ3) is 2.95. The summed E-state index contributed by atoms with van der Waals surface area (Å²) in [6, 6.07) is 5.38. The van der Waals surface area contributed by atoms with Crippen molar-refractivity contribution in [2.45, 2.75) is 31.7 Å². The van der Waals surface area contributed by atoms with Gasteiger partial charge in [-0.3, -0.25) is 15.0 Å². The lowest BCUT2D eigenvalue weighted by Crippen LogP contribution is -2.40. The molecule has 1 aromatic rings. The minimum absolute atomic E-state index is 0.0584. The van der Waals surface area contributed by atoms with Gasteiger partial charge in [0.15, 0.2) is 0 Å². The van der Waals surface area contributed by atoms with Crippen LogP contribution in [0.5, 0.6) is 0 Å². The number of nitro groups is 1. The highest BCUT2D eigenvalue weighted by molar-refractivity contribution is 5.71. The van der Waals surface area contributed by atoms with Crippen molar-refractivity contribution in [3.05, 3.63) is 28.3 Å². The van der Waals surface area contributed by atoms with Gasteiger partial charge in [-0.2, -0.15) is 0 Å². The van der Waals surface area contributed by atoms with Crippen LogP contribution in [0.2, 0.25) is 0 Å². The number of likely N-dealkylation sites (tertiary alicyclic amines) is 1. The van der Waals surface area contributed by atoms with Crippen LogP contribution < -0.4 is 10.6 Å². The first kappa shape index (κ1) is 14.1. The van der Waals surface area contributed by atoms with Gasteiger partial charge >= 0.3 is 0 Å². The van der Waals surface area contributed by atoms with Gasteiger partial charge in [-0.15, -0.1) is 0 Å². The number of rotatable bonds is 3. The van der Waals surface area contributed by atoms with E-state index >= 15 is 0 Å². The van der Waals surface area contributed by atoms with Gasteiger partial charge in [0.05, 0.1) is 16.3 Å². The SMILES string of the molecule is Nc1cc([N+](=O)[O-])ccc1N1CCC(N2CCCCC2)C1. The molecule has 6 nitrogen and oxygen atoms in total. The Morgan fingerprint density at radius 2 is 1.95 bits per heavy atom. The molecule has 6 heteroatoms. The van der Waals surface area contributed by atoms with Crippen LogP contribution in [0.4, 0.5) is 17.1 Å². The van der Waals surface area contributed by atoms with E-state index in [1.54, 1.807) is 12.1 Å². The van der Waals surface area contributed by atoms with Gasteiger partial charge in [-0.25, -0.2) is 0 Å². The second-order valence-electron chi connectivity index (χ2n) is 5.99. The van der Waals surface area contributed by atoms with E-state index in [1.165, 1.54) is 38.4 Å². The van der Waals surface area contributed by atoms with Crippen molar-refractivity contribution in [1.29, 1.82) is 0 Å². The molecule has 0 aliphatic carbocycles. The lowest BCUT2D eigenvalue weighted by molar-refractivity contribution is -0.384. The van der Waals surface area contributed by atoms with Gasteiger partial charge in [-0.05, 0) is 38.4 Å². The van der Waals surface area contributed by atoms with E-state index in [2.05, 4.69) is 9.80 Å². The summed E-state index contributed by atoms with van der Waals surface area (Å²) < 4.78 is 0. The Labute approximate surface area is 124 Å². The number of hydrogen-bond donors (Lipinski definition) is 1. The lowest BCUT2D eigenvalue weighted by atomic mass is 10.1. The molecule has 3 rings (SSSR count). The summed E-state index contributed by atoms with van der Waals surface area (Å²) >= 11 is 0. The van der Waals surface area contributed by atoms with Crippen molar-refractivity contribution < 1.29 is 4.92 Å². The van der Waals surface area contributed by atoms with Gasteiger partial charge in [-0.1, -0.05) is 6.42 Å². The normalized spacial score (nSPS) is 23.4. The Kier molecular flexibility index (Phi) is 3.96. The summed E-state index contributed by atoms with van der Waals surface area (Å²) in [5.41, 5.74) is 7.50. The number of nitro benzene ring substituents is 1. The van der Waals surface area contributed by atoms with Crippen LogP contribution >= 0.6 is 0 Å². The van der Waals surface area contributed by atoms with Gasteiger partial charge in [0, 0.05) is 31.3 Å². The van der Waals surface area contributed by atoms with Gasteiger partial charge < -0.3 is 10.6 Å². The molecule has 114 valence electrons. The molecule has 0 spiro atoms. The summed E-state index contributed by atoms with van der Waals surface area (Å²) in [6.07, 6.45) is 5.10. The maximum Gasteiger partial charge on any atom is 0.271 e. The van der Waals surface area contributed by atoms with E-state index in [4.69, 9.17) is 5.73 Å². The Bertz CT molecular complexity index is 528. The van der Waals surface area contributed by atoms with Crippen molar-refractivity contribution in [3.63, 3.8) is 0 Å². The topological polar surface area (TPSA) is 75.6 Å². The number of hydrogen-bond acceptors (Lipinski definition) is 5. The van der Waals surface area contributed by atoms with Crippen molar-refractivity contribution in [2.24, 2.45) is 0 Å². The highest BCUT2D eigenvalue weighted by atomic mass is 16.6. The van der Waals surface area contributed by atoms with E-state index < -0.39 is 4.92 Å². The number of benzene rings is 1. The first-order chi connectivity index (χ1) is 10.1. The molecule has 0 aromatic heterocycles. The average molecular weight is 290 g/mol. The molecule has 0 bridgehead atoms. The first-order valence-corrected chi connectivity index (χ1v) is 7.68. The van der Waals surface area contributed by atoms with E-state index in [9.17, 15) is 10.1 Å². The quantitative estimate of drug-likeness (QED) is 0.525. The van der Waals surface area contributed by atoms with E-state index in [1.807, 2.05) is 0 Å². The Morgan fingerprint density at radius 1 is 1.19 bits per heavy atom. The number of anilines is 2. The van der Waals surface area contributed by atoms with E-state index in [0.717, 1.165) is 25.2 Å². The first-order valence-electron chi connectivity index (χ1n) is 7.68. The maximum absolute atomic E-state index is 10.8. The van der Waals surface area contributed by atoms with E-state index in [-0.39, 0.29) is 5.69 Å². The summed E-state index contributed by atoms with van der Waals surface area (Å²) in [5.74, 6) is 0. The third-order valence-electron chi connectivity index (χ3n) is 4.63. The van der Waals surface area contributed by atoms with Gasteiger partial charge in [0.2, 0.25) is 0 Å². The summed E-state index contributed by atoms with van der Waals surface area (Å²) in [5, 5.41) is 10.8. The van der Waals surface area contributed by atoms with Crippen molar-refractivity contribution in [2.75, 3.05) is 36.8 Å². The zero-order valence-corrected chi connectivity index (χ0v) is 12.2. The molecular formula is C15H22N4O2. The van der Waals surface area contributed by atoms with Crippen molar-refractivity contribution in [1.82, 2.24) is 4.90 Å². The van der Waals surface area contributed by atoms with Crippen LogP contribution in [0.3, 0.4) is 0 Å². The predicted octanol–water partition coefficient (Wildman–Crippen LogP) is 2.24. The fourth-order valence-corrected chi connectivity index (χ4v) is 3.49. The molecule has 2 N–H and O–H groups in total. The lowest BCUT2D eigenvalue weighted by Gasteiger charge is -2.32. The Morgan fingerprint density at radius 3 is 2.62 bits per heavy atom. The molecular weight excluding hydrogens is 268 g/mol. The molecule has 1 unspecified atom stereocenters. The van der Waals surface area contributed by atoms with E-state index in [0.29, 0.717) is 11.7 Å². The molecule has 2 fully saturated rings. The minimum atomic E-state index is -0.402. The van der Waals surface area contributed by atoms with Crippen LogP contribution in [0.15, 0.2) is 18.2 Å². The highest BCUT2D eigenvalue weighted by Gasteiger charge is 2.29. The summed E-state index contributed by atoms with van der Waals surface area (Å²) in [7, 11) is 0. The van der Waals surface area contributed by atoms with Crippen LogP contribution in [0.1, 0.15) is 25.7 Å². The molecule has 0 radical (unpaired) electrons. The second kappa shape index (κ2) is 5.89. The summed E-state index contributed by atoms with van der Waals surface area (Å²) in [4.78, 5) is 15.2. The van der Waals surface area contributed by atoms with Crippen LogP contribution in [0, 0.1) is 10.1 Å². The Hall–Kier alpha value is -1.82.